The van der Waals surface area contributed by atoms with E-state index < -0.39 is 6.34 Å². The third-order valence-electron chi connectivity index (χ3n) is 1.91. The summed E-state index contributed by atoms with van der Waals surface area (Å²) < 4.78 is 12.2. The molecule has 0 N–H and O–H groups in total. The van der Waals surface area contributed by atoms with E-state index in [0.717, 1.165) is 4.48 Å². The Morgan fingerprint density at radius 3 is 1.89 bits per heavy atom. The molecule has 0 aromatic heterocycles. The van der Waals surface area contributed by atoms with Gasteiger partial charge in [-0.1, -0.05) is 11.4 Å². The SMILES string of the molecule is C[N+](C)(C)C1C2SP21=O. The van der Waals surface area contributed by atoms with Crippen LogP contribution in [0.2, 0.25) is 0 Å². The highest BCUT2D eigenvalue weighted by molar-refractivity contribution is 8.79. The third-order valence-corrected chi connectivity index (χ3v) is 8.46. The molecule has 2 heterocycles. The highest BCUT2D eigenvalue weighted by atomic mass is 32.8. The average molecular weight is 164 g/mol. The van der Waals surface area contributed by atoms with Gasteiger partial charge < -0.3 is 9.05 Å². The van der Waals surface area contributed by atoms with Crippen LogP contribution in [-0.2, 0) is 4.57 Å². The summed E-state index contributed by atoms with van der Waals surface area (Å²) in [5, 5.41) is 0. The average Bonchev–Trinajstić information content (AvgIpc) is 2.17. The first-order valence-corrected chi connectivity index (χ1v) is 6.38. The highest BCUT2D eigenvalue weighted by Gasteiger charge is 2.85. The molecule has 2 nitrogen and oxygen atoms in total. The van der Waals surface area contributed by atoms with Crippen molar-refractivity contribution in [3.63, 3.8) is 0 Å². The van der Waals surface area contributed by atoms with E-state index >= 15 is 0 Å². The lowest BCUT2D eigenvalue weighted by molar-refractivity contribution is -0.874. The van der Waals surface area contributed by atoms with Gasteiger partial charge in [0.1, 0.15) is 4.99 Å². The van der Waals surface area contributed by atoms with Gasteiger partial charge in [0.15, 0.2) is 5.78 Å². The minimum atomic E-state index is -1.57. The molecular formula is C5H11NOPS+. The van der Waals surface area contributed by atoms with Crippen LogP contribution in [0.15, 0.2) is 0 Å². The summed E-state index contributed by atoms with van der Waals surface area (Å²) >= 11 is 1.70. The van der Waals surface area contributed by atoms with Crippen molar-refractivity contribution in [3.8, 4) is 0 Å². The van der Waals surface area contributed by atoms with Crippen LogP contribution in [0.4, 0.5) is 0 Å². The number of rotatable bonds is 1. The first-order chi connectivity index (χ1) is 3.96. The largest absolute Gasteiger partial charge is 0.320 e. The third kappa shape index (κ3) is 0.659. The van der Waals surface area contributed by atoms with Gasteiger partial charge in [0.25, 0.3) is 0 Å². The first-order valence-electron chi connectivity index (χ1n) is 3.05. The second kappa shape index (κ2) is 1.27. The molecule has 3 atom stereocenters. The van der Waals surface area contributed by atoms with Crippen molar-refractivity contribution in [1.29, 1.82) is 0 Å². The molecule has 0 saturated carbocycles. The summed E-state index contributed by atoms with van der Waals surface area (Å²) in [6.07, 6.45) is -1.57. The van der Waals surface area contributed by atoms with Crippen LogP contribution < -0.4 is 0 Å². The maximum Gasteiger partial charge on any atom is 0.216 e. The molecule has 0 amide bonds. The first kappa shape index (κ1) is 6.26. The molecule has 2 aliphatic rings. The summed E-state index contributed by atoms with van der Waals surface area (Å²) in [4.78, 5) is 0.567. The summed E-state index contributed by atoms with van der Waals surface area (Å²) in [5.74, 6) is 0.516. The summed E-state index contributed by atoms with van der Waals surface area (Å²) in [7, 11) is 6.37. The van der Waals surface area contributed by atoms with Gasteiger partial charge in [-0.05, 0) is 0 Å². The zero-order valence-electron chi connectivity index (χ0n) is 5.87. The van der Waals surface area contributed by atoms with E-state index in [1.165, 1.54) is 0 Å². The molecule has 0 spiro atoms. The molecular weight excluding hydrogens is 153 g/mol. The quantitative estimate of drug-likeness (QED) is 0.331. The molecule has 0 aromatic rings. The molecule has 0 aliphatic carbocycles. The van der Waals surface area contributed by atoms with Crippen molar-refractivity contribution < 1.29 is 9.05 Å². The molecule has 4 heteroatoms. The fraction of sp³-hybridized carbons (Fsp3) is 1.00. The van der Waals surface area contributed by atoms with Gasteiger partial charge in [0.05, 0.1) is 21.1 Å². The minimum absolute atomic E-state index is 0.516. The van der Waals surface area contributed by atoms with Crippen molar-refractivity contribution in [2.75, 3.05) is 21.1 Å². The lowest BCUT2D eigenvalue weighted by Crippen LogP contribution is -2.39. The predicted octanol–water partition coefficient (Wildman–Crippen LogP) is 1.38. The molecule has 52 valence electrons. The van der Waals surface area contributed by atoms with Crippen molar-refractivity contribution in [2.45, 2.75) is 10.8 Å². The van der Waals surface area contributed by atoms with E-state index in [-0.39, 0.29) is 0 Å². The second-order valence-corrected chi connectivity index (χ2v) is 9.46. The number of quaternary nitrogens is 1. The zero-order valence-corrected chi connectivity index (χ0v) is 7.58. The van der Waals surface area contributed by atoms with Crippen molar-refractivity contribution in [1.82, 2.24) is 0 Å². The van der Waals surface area contributed by atoms with Crippen LogP contribution in [0, 0.1) is 0 Å². The predicted molar refractivity (Wildman–Crippen MR) is 40.8 cm³/mol. The smallest absolute Gasteiger partial charge is 0.216 e. The standard InChI is InChI=1S/C5H11NOPS/c1-6(2,3)4-5-8(4,7)9-5/h4-5H,1-3H3/q+1. The molecule has 2 aliphatic heterocycles. The topological polar surface area (TPSA) is 17.1 Å². The Hall–Kier alpha value is 0.540. The zero-order chi connectivity index (χ0) is 6.86. The lowest BCUT2D eigenvalue weighted by Gasteiger charge is -2.25. The molecule has 2 rings (SSSR count). The Labute approximate surface area is 59.3 Å². The monoisotopic (exact) mass is 164 g/mol. The van der Waals surface area contributed by atoms with Gasteiger partial charge in [0, 0.05) is 0 Å². The number of hydrogen-bond donors (Lipinski definition) is 0. The Morgan fingerprint density at radius 2 is 1.89 bits per heavy atom. The lowest BCUT2D eigenvalue weighted by atomic mass is 10.6. The van der Waals surface area contributed by atoms with Crippen LogP contribution in [-0.4, -0.2) is 36.4 Å². The molecule has 9 heavy (non-hydrogen) atoms. The number of fused-ring (bicyclic) bond motifs is 1. The van der Waals surface area contributed by atoms with Crippen LogP contribution in [0.25, 0.3) is 0 Å². The molecule has 0 aromatic carbocycles. The summed E-state index contributed by atoms with van der Waals surface area (Å²) in [6, 6.07) is 0. The molecule has 0 radical (unpaired) electrons. The number of nitrogens with zero attached hydrogens (tertiary/aromatic N) is 1. The molecule has 3 unspecified atom stereocenters. The van der Waals surface area contributed by atoms with Gasteiger partial charge in [-0.15, -0.1) is 0 Å². The normalized spacial score (nSPS) is 54.6. The highest BCUT2D eigenvalue weighted by Crippen LogP contribution is 3.05. The fourth-order valence-corrected chi connectivity index (χ4v) is 8.48. The minimum Gasteiger partial charge on any atom is -0.320 e. The Kier molecular flexibility index (Phi) is 0.885. The van der Waals surface area contributed by atoms with E-state index in [2.05, 4.69) is 21.1 Å². The molecule has 2 fully saturated rings. The van der Waals surface area contributed by atoms with Gasteiger partial charge in [0.2, 0.25) is 6.34 Å². The van der Waals surface area contributed by atoms with Crippen LogP contribution in [0.1, 0.15) is 0 Å². The summed E-state index contributed by atoms with van der Waals surface area (Å²) in [6.45, 7) is 0. The van der Waals surface area contributed by atoms with Crippen molar-refractivity contribution in [3.05, 3.63) is 0 Å². The summed E-state index contributed by atoms with van der Waals surface area (Å²) in [5.41, 5.74) is 0. The van der Waals surface area contributed by atoms with Crippen molar-refractivity contribution in [2.24, 2.45) is 0 Å². The van der Waals surface area contributed by atoms with Crippen LogP contribution in [0.5, 0.6) is 0 Å². The Bertz CT molecular complexity index is 209. The fourth-order valence-electron chi connectivity index (χ4n) is 1.32. The Morgan fingerprint density at radius 1 is 1.44 bits per heavy atom. The van der Waals surface area contributed by atoms with E-state index in [4.69, 9.17) is 0 Å². The van der Waals surface area contributed by atoms with Crippen LogP contribution in [0.3, 0.4) is 0 Å². The molecule has 2 saturated heterocycles. The number of hydrogen-bond acceptors (Lipinski definition) is 2. The van der Waals surface area contributed by atoms with E-state index in [1.807, 2.05) is 0 Å². The van der Waals surface area contributed by atoms with Gasteiger partial charge in [-0.25, -0.2) is 0 Å². The maximum atomic E-state index is 11.3. The van der Waals surface area contributed by atoms with Gasteiger partial charge in [-0.3, -0.25) is 0 Å². The van der Waals surface area contributed by atoms with Gasteiger partial charge >= 0.3 is 0 Å². The van der Waals surface area contributed by atoms with Crippen molar-refractivity contribution >= 4 is 17.7 Å². The van der Waals surface area contributed by atoms with Gasteiger partial charge in [-0.2, -0.15) is 0 Å². The maximum absolute atomic E-state index is 11.3. The van der Waals surface area contributed by atoms with E-state index in [0.29, 0.717) is 10.8 Å². The second-order valence-electron chi connectivity index (χ2n) is 3.67. The van der Waals surface area contributed by atoms with E-state index in [9.17, 15) is 4.57 Å². The van der Waals surface area contributed by atoms with E-state index in [1.54, 1.807) is 11.4 Å². The molecule has 0 bridgehead atoms. The Balaban J connectivity index is 2.15. The van der Waals surface area contributed by atoms with Crippen LogP contribution >= 0.6 is 17.7 Å².